The predicted octanol–water partition coefficient (Wildman–Crippen LogP) is 5.01. The molecule has 0 saturated heterocycles. The first kappa shape index (κ1) is 24.2. The fourth-order valence-corrected chi connectivity index (χ4v) is 4.00. The maximum atomic E-state index is 13.6. The molecule has 3 rings (SSSR count). The lowest BCUT2D eigenvalue weighted by Gasteiger charge is -2.31. The number of aryl methyl sites for hydroxylation is 3. The van der Waals surface area contributed by atoms with E-state index in [1.165, 1.54) is 5.56 Å². The van der Waals surface area contributed by atoms with Gasteiger partial charge in [0.05, 0.1) is 0 Å². The van der Waals surface area contributed by atoms with Crippen molar-refractivity contribution in [2.24, 2.45) is 0 Å². The second kappa shape index (κ2) is 12.0. The van der Waals surface area contributed by atoms with Crippen LogP contribution in [0.3, 0.4) is 0 Å². The minimum atomic E-state index is -0.571. The molecule has 0 spiro atoms. The van der Waals surface area contributed by atoms with E-state index in [2.05, 4.69) is 42.6 Å². The summed E-state index contributed by atoms with van der Waals surface area (Å²) in [5.41, 5.74) is 5.53. The molecule has 4 nitrogen and oxygen atoms in total. The van der Waals surface area contributed by atoms with Crippen molar-refractivity contribution in [1.29, 1.82) is 0 Å². The van der Waals surface area contributed by atoms with Crippen LogP contribution in [-0.4, -0.2) is 29.3 Å². The Morgan fingerprint density at radius 3 is 2.18 bits per heavy atom. The summed E-state index contributed by atoms with van der Waals surface area (Å²) in [6, 6.07) is 25.7. The first-order valence-corrected chi connectivity index (χ1v) is 11.7. The van der Waals surface area contributed by atoms with Gasteiger partial charge in [-0.2, -0.15) is 0 Å². The summed E-state index contributed by atoms with van der Waals surface area (Å²) in [5.74, 6) is -0.123. The SMILES string of the molecule is CCNC(=O)[C@H](Cc1ccccc1)N(Cc1cccc(C)c1)C(=O)CCc1ccc(C)cc1. The summed E-state index contributed by atoms with van der Waals surface area (Å²) in [5, 5.41) is 2.95. The summed E-state index contributed by atoms with van der Waals surface area (Å²) >= 11 is 0. The Morgan fingerprint density at radius 2 is 1.52 bits per heavy atom. The van der Waals surface area contributed by atoms with Crippen molar-refractivity contribution < 1.29 is 9.59 Å². The lowest BCUT2D eigenvalue weighted by atomic mass is 10.0. The highest BCUT2D eigenvalue weighted by molar-refractivity contribution is 5.88. The van der Waals surface area contributed by atoms with Crippen molar-refractivity contribution in [2.45, 2.75) is 52.6 Å². The van der Waals surface area contributed by atoms with E-state index in [-0.39, 0.29) is 11.8 Å². The van der Waals surface area contributed by atoms with Gasteiger partial charge in [-0.3, -0.25) is 9.59 Å². The van der Waals surface area contributed by atoms with E-state index in [1.54, 1.807) is 4.90 Å². The predicted molar refractivity (Wildman–Crippen MR) is 134 cm³/mol. The van der Waals surface area contributed by atoms with Crippen LogP contribution in [0.1, 0.15) is 41.2 Å². The summed E-state index contributed by atoms with van der Waals surface area (Å²) in [6.07, 6.45) is 1.49. The zero-order valence-electron chi connectivity index (χ0n) is 19.9. The molecule has 0 unspecified atom stereocenters. The van der Waals surface area contributed by atoms with Gasteiger partial charge >= 0.3 is 0 Å². The molecule has 0 aliphatic heterocycles. The largest absolute Gasteiger partial charge is 0.355 e. The molecule has 0 bridgehead atoms. The number of likely N-dealkylation sites (N-methyl/N-ethyl adjacent to an activating group) is 1. The van der Waals surface area contributed by atoms with Crippen molar-refractivity contribution in [1.82, 2.24) is 10.2 Å². The highest BCUT2D eigenvalue weighted by atomic mass is 16.2. The van der Waals surface area contributed by atoms with Gasteiger partial charge in [0, 0.05) is 25.9 Å². The molecule has 0 fully saturated rings. The van der Waals surface area contributed by atoms with Crippen molar-refractivity contribution in [2.75, 3.05) is 6.54 Å². The molecule has 1 N–H and O–H groups in total. The summed E-state index contributed by atoms with van der Waals surface area (Å²) in [4.78, 5) is 28.5. The first-order valence-electron chi connectivity index (χ1n) is 11.7. The molecule has 172 valence electrons. The zero-order chi connectivity index (χ0) is 23.6. The van der Waals surface area contributed by atoms with E-state index >= 15 is 0 Å². The number of carbonyl (C=O) groups is 2. The molecule has 3 aromatic carbocycles. The van der Waals surface area contributed by atoms with Gasteiger partial charge in [0.2, 0.25) is 11.8 Å². The molecule has 0 saturated carbocycles. The average Bonchev–Trinajstić information content (AvgIpc) is 2.81. The molecule has 2 amide bonds. The number of benzene rings is 3. The Hall–Kier alpha value is -3.40. The fraction of sp³-hybridized carbons (Fsp3) is 0.310. The molecule has 0 radical (unpaired) electrons. The third-order valence-electron chi connectivity index (χ3n) is 5.81. The lowest BCUT2D eigenvalue weighted by molar-refractivity contribution is -0.141. The zero-order valence-corrected chi connectivity index (χ0v) is 19.9. The highest BCUT2D eigenvalue weighted by Gasteiger charge is 2.29. The standard InChI is InChI=1S/C29H34N2O2/c1-4-30-29(33)27(20-25-10-6-5-7-11-25)31(21-26-12-8-9-23(3)19-26)28(32)18-17-24-15-13-22(2)14-16-24/h5-16,19,27H,4,17-18,20-21H2,1-3H3,(H,30,33)/t27-/m0/s1. The van der Waals surface area contributed by atoms with Crippen LogP contribution >= 0.6 is 0 Å². The topological polar surface area (TPSA) is 49.4 Å². The Balaban J connectivity index is 1.88. The third kappa shape index (κ3) is 7.31. The molecule has 0 heterocycles. The second-order valence-corrected chi connectivity index (χ2v) is 8.60. The summed E-state index contributed by atoms with van der Waals surface area (Å²) < 4.78 is 0. The van der Waals surface area contributed by atoms with Crippen LogP contribution in [0.4, 0.5) is 0 Å². The van der Waals surface area contributed by atoms with E-state index in [0.717, 1.165) is 22.3 Å². The molecule has 0 aliphatic carbocycles. The van der Waals surface area contributed by atoms with Crippen molar-refractivity contribution in [3.05, 3.63) is 107 Å². The van der Waals surface area contributed by atoms with Crippen LogP contribution in [0.2, 0.25) is 0 Å². The Kier molecular flexibility index (Phi) is 8.82. The van der Waals surface area contributed by atoms with E-state index in [9.17, 15) is 9.59 Å². The highest BCUT2D eigenvalue weighted by Crippen LogP contribution is 2.18. The van der Waals surface area contributed by atoms with Gasteiger partial charge in [0.1, 0.15) is 6.04 Å². The molecular formula is C29H34N2O2. The number of nitrogens with zero attached hydrogens (tertiary/aromatic N) is 1. The number of nitrogens with one attached hydrogen (secondary N) is 1. The molecular weight excluding hydrogens is 408 g/mol. The van der Waals surface area contributed by atoms with Gasteiger partial charge in [-0.1, -0.05) is 90.0 Å². The first-order chi connectivity index (χ1) is 16.0. The van der Waals surface area contributed by atoms with Gasteiger partial charge in [0.25, 0.3) is 0 Å². The third-order valence-corrected chi connectivity index (χ3v) is 5.81. The van der Waals surface area contributed by atoms with Gasteiger partial charge in [-0.15, -0.1) is 0 Å². The van der Waals surface area contributed by atoms with Gasteiger partial charge in [-0.25, -0.2) is 0 Å². The minimum Gasteiger partial charge on any atom is -0.355 e. The quantitative estimate of drug-likeness (QED) is 0.480. The maximum absolute atomic E-state index is 13.6. The monoisotopic (exact) mass is 442 g/mol. The minimum absolute atomic E-state index is 0.00994. The average molecular weight is 443 g/mol. The van der Waals surface area contributed by atoms with Crippen LogP contribution in [0, 0.1) is 13.8 Å². The maximum Gasteiger partial charge on any atom is 0.243 e. The van der Waals surface area contributed by atoms with Crippen molar-refractivity contribution in [3.63, 3.8) is 0 Å². The van der Waals surface area contributed by atoms with Gasteiger partial charge in [-0.05, 0) is 43.9 Å². The van der Waals surface area contributed by atoms with Crippen molar-refractivity contribution in [3.8, 4) is 0 Å². The number of rotatable bonds is 10. The van der Waals surface area contributed by atoms with E-state index in [1.807, 2.05) is 62.4 Å². The molecule has 0 aromatic heterocycles. The number of hydrogen-bond acceptors (Lipinski definition) is 2. The summed E-state index contributed by atoms with van der Waals surface area (Å²) in [7, 11) is 0. The molecule has 1 atom stereocenters. The second-order valence-electron chi connectivity index (χ2n) is 8.60. The number of carbonyl (C=O) groups excluding carboxylic acids is 2. The van der Waals surface area contributed by atoms with Crippen LogP contribution in [-0.2, 0) is 29.0 Å². The van der Waals surface area contributed by atoms with E-state index in [0.29, 0.717) is 32.4 Å². The van der Waals surface area contributed by atoms with E-state index < -0.39 is 6.04 Å². The van der Waals surface area contributed by atoms with Gasteiger partial charge < -0.3 is 10.2 Å². The molecule has 3 aromatic rings. The summed E-state index contributed by atoms with van der Waals surface area (Å²) in [6.45, 7) is 6.93. The van der Waals surface area contributed by atoms with Crippen LogP contribution in [0.15, 0.2) is 78.9 Å². The number of hydrogen-bond donors (Lipinski definition) is 1. The lowest BCUT2D eigenvalue weighted by Crippen LogP contribution is -2.50. The smallest absolute Gasteiger partial charge is 0.243 e. The van der Waals surface area contributed by atoms with E-state index in [4.69, 9.17) is 0 Å². The molecule has 4 heteroatoms. The van der Waals surface area contributed by atoms with Crippen molar-refractivity contribution >= 4 is 11.8 Å². The Bertz CT molecular complexity index is 1040. The van der Waals surface area contributed by atoms with Crippen LogP contribution in [0.5, 0.6) is 0 Å². The van der Waals surface area contributed by atoms with Crippen LogP contribution in [0.25, 0.3) is 0 Å². The fourth-order valence-electron chi connectivity index (χ4n) is 4.00. The molecule has 0 aliphatic rings. The number of amides is 2. The Labute approximate surface area is 197 Å². The normalized spacial score (nSPS) is 11.6. The Morgan fingerprint density at radius 1 is 0.818 bits per heavy atom. The van der Waals surface area contributed by atoms with Crippen LogP contribution < -0.4 is 5.32 Å². The molecule has 33 heavy (non-hydrogen) atoms. The van der Waals surface area contributed by atoms with Gasteiger partial charge in [0.15, 0.2) is 0 Å².